The molecule has 2 amide bonds. The summed E-state index contributed by atoms with van der Waals surface area (Å²) in [7, 11) is 0. The van der Waals surface area contributed by atoms with Gasteiger partial charge in [-0.1, -0.05) is 24.3 Å². The molecule has 1 aliphatic carbocycles. The summed E-state index contributed by atoms with van der Waals surface area (Å²) in [6.45, 7) is 1.18. The highest BCUT2D eigenvalue weighted by Gasteiger charge is 2.32. The number of carbonyl (C=O) groups excluding carboxylic acids is 2. The topological polar surface area (TPSA) is 62.3 Å². The number of fused-ring (bicyclic) bond motifs is 1. The van der Waals surface area contributed by atoms with Crippen LogP contribution in [0.25, 0.3) is 21.5 Å². The maximum Gasteiger partial charge on any atom is 0.254 e. The zero-order valence-corrected chi connectivity index (χ0v) is 17.0. The van der Waals surface area contributed by atoms with E-state index < -0.39 is 0 Å². The van der Waals surface area contributed by atoms with Crippen molar-refractivity contribution in [3.63, 3.8) is 0 Å². The number of benzene rings is 1. The number of thiophene rings is 1. The lowest BCUT2D eigenvalue weighted by atomic mass is 9.96. The summed E-state index contributed by atoms with van der Waals surface area (Å²) in [6.07, 6.45) is 3.86. The van der Waals surface area contributed by atoms with Crippen molar-refractivity contribution < 1.29 is 9.59 Å². The van der Waals surface area contributed by atoms with Gasteiger partial charge in [0.05, 0.1) is 27.6 Å². The fourth-order valence-corrected chi connectivity index (χ4v) is 4.68. The molecule has 5 nitrogen and oxygen atoms in total. The number of hydrogen-bond donors (Lipinski definition) is 1. The van der Waals surface area contributed by atoms with E-state index >= 15 is 0 Å². The van der Waals surface area contributed by atoms with E-state index in [9.17, 15) is 9.59 Å². The van der Waals surface area contributed by atoms with Gasteiger partial charge in [-0.2, -0.15) is 0 Å². The van der Waals surface area contributed by atoms with Crippen molar-refractivity contribution in [2.45, 2.75) is 31.7 Å². The minimum Gasteiger partial charge on any atom is -0.353 e. The molecule has 0 radical (unpaired) electrons. The molecule has 1 aliphatic heterocycles. The van der Waals surface area contributed by atoms with E-state index in [1.54, 1.807) is 11.3 Å². The lowest BCUT2D eigenvalue weighted by Gasteiger charge is -2.32. The van der Waals surface area contributed by atoms with Crippen molar-refractivity contribution >= 4 is 34.1 Å². The number of amides is 2. The maximum absolute atomic E-state index is 13.5. The molecule has 3 heterocycles. The first kappa shape index (κ1) is 18.3. The van der Waals surface area contributed by atoms with Gasteiger partial charge in [-0.05, 0) is 49.3 Å². The van der Waals surface area contributed by atoms with Gasteiger partial charge < -0.3 is 10.2 Å². The molecule has 1 unspecified atom stereocenters. The van der Waals surface area contributed by atoms with Crippen LogP contribution in [0.1, 0.15) is 36.0 Å². The van der Waals surface area contributed by atoms with Crippen LogP contribution in [-0.4, -0.2) is 40.8 Å². The largest absolute Gasteiger partial charge is 0.353 e. The van der Waals surface area contributed by atoms with Gasteiger partial charge >= 0.3 is 0 Å². The highest BCUT2D eigenvalue weighted by Crippen LogP contribution is 2.30. The number of para-hydroxylation sites is 1. The lowest BCUT2D eigenvalue weighted by Crippen LogP contribution is -2.46. The van der Waals surface area contributed by atoms with E-state index in [0.717, 1.165) is 47.2 Å². The van der Waals surface area contributed by atoms with Gasteiger partial charge in [0.25, 0.3) is 5.91 Å². The number of hydrogen-bond acceptors (Lipinski definition) is 4. The van der Waals surface area contributed by atoms with Crippen molar-refractivity contribution in [3.05, 3.63) is 53.4 Å². The SMILES string of the molecule is O=C(NC1CC1)C1CCCN(C(=O)c2cc(-c3cccs3)nc3ccccc23)C1. The first-order valence-electron chi connectivity index (χ1n) is 10.2. The molecule has 5 rings (SSSR count). The van der Waals surface area contributed by atoms with E-state index in [1.807, 2.05) is 52.7 Å². The first-order chi connectivity index (χ1) is 14.2. The monoisotopic (exact) mass is 405 g/mol. The summed E-state index contributed by atoms with van der Waals surface area (Å²) < 4.78 is 0. The Labute approximate surface area is 173 Å². The second-order valence-electron chi connectivity index (χ2n) is 7.92. The Bertz CT molecular complexity index is 1060. The molecular weight excluding hydrogens is 382 g/mol. The number of likely N-dealkylation sites (tertiary alicyclic amines) is 1. The Morgan fingerprint density at radius 3 is 2.76 bits per heavy atom. The molecule has 2 aromatic heterocycles. The zero-order valence-electron chi connectivity index (χ0n) is 16.1. The Hall–Kier alpha value is -2.73. The highest BCUT2D eigenvalue weighted by molar-refractivity contribution is 7.13. The molecule has 3 aromatic rings. The van der Waals surface area contributed by atoms with Crippen LogP contribution in [0, 0.1) is 5.92 Å². The molecule has 148 valence electrons. The van der Waals surface area contributed by atoms with Gasteiger partial charge in [-0.15, -0.1) is 11.3 Å². The normalized spacial score (nSPS) is 19.3. The van der Waals surface area contributed by atoms with Crippen LogP contribution in [0.5, 0.6) is 0 Å². The van der Waals surface area contributed by atoms with Crippen molar-refractivity contribution in [2.24, 2.45) is 5.92 Å². The predicted octanol–water partition coefficient (Wildman–Crippen LogP) is 4.09. The Kier molecular flexibility index (Phi) is 4.79. The Balaban J connectivity index is 1.46. The summed E-state index contributed by atoms with van der Waals surface area (Å²) in [6, 6.07) is 14.1. The first-order valence-corrected chi connectivity index (χ1v) is 11.1. The molecule has 1 saturated heterocycles. The number of nitrogens with one attached hydrogen (secondary N) is 1. The average Bonchev–Trinajstić information content (AvgIpc) is 3.40. The second-order valence-corrected chi connectivity index (χ2v) is 8.87. The number of pyridine rings is 1. The number of piperidine rings is 1. The predicted molar refractivity (Wildman–Crippen MR) is 115 cm³/mol. The molecule has 6 heteroatoms. The Morgan fingerprint density at radius 1 is 1.10 bits per heavy atom. The van der Waals surface area contributed by atoms with Crippen LogP contribution >= 0.6 is 11.3 Å². The highest BCUT2D eigenvalue weighted by atomic mass is 32.1. The van der Waals surface area contributed by atoms with Crippen molar-refractivity contribution in [1.82, 2.24) is 15.2 Å². The maximum atomic E-state index is 13.5. The summed E-state index contributed by atoms with van der Waals surface area (Å²) in [5, 5.41) is 5.97. The lowest BCUT2D eigenvalue weighted by molar-refractivity contribution is -0.126. The van der Waals surface area contributed by atoms with E-state index in [-0.39, 0.29) is 17.7 Å². The molecule has 0 bridgehead atoms. The Morgan fingerprint density at radius 2 is 1.97 bits per heavy atom. The molecule has 29 heavy (non-hydrogen) atoms. The van der Waals surface area contributed by atoms with Crippen LogP contribution < -0.4 is 5.32 Å². The van der Waals surface area contributed by atoms with Crippen molar-refractivity contribution in [2.75, 3.05) is 13.1 Å². The summed E-state index contributed by atoms with van der Waals surface area (Å²) in [5.41, 5.74) is 2.31. The quantitative estimate of drug-likeness (QED) is 0.711. The fraction of sp³-hybridized carbons (Fsp3) is 0.348. The summed E-state index contributed by atoms with van der Waals surface area (Å²) >= 11 is 1.62. The fourth-order valence-electron chi connectivity index (χ4n) is 4.00. The number of nitrogens with zero attached hydrogens (tertiary/aromatic N) is 2. The third-order valence-electron chi connectivity index (χ3n) is 5.72. The molecule has 0 spiro atoms. The average molecular weight is 406 g/mol. The van der Waals surface area contributed by atoms with Gasteiger partial charge in [0.1, 0.15) is 0 Å². The van der Waals surface area contributed by atoms with Crippen LogP contribution in [0.2, 0.25) is 0 Å². The molecule has 1 N–H and O–H groups in total. The smallest absolute Gasteiger partial charge is 0.254 e. The number of rotatable bonds is 4. The summed E-state index contributed by atoms with van der Waals surface area (Å²) in [4.78, 5) is 33.7. The summed E-state index contributed by atoms with van der Waals surface area (Å²) in [5.74, 6) is -0.0210. The van der Waals surface area contributed by atoms with E-state index in [0.29, 0.717) is 24.7 Å². The number of aromatic nitrogens is 1. The van der Waals surface area contributed by atoms with Crippen LogP contribution in [0.15, 0.2) is 47.8 Å². The van der Waals surface area contributed by atoms with Gasteiger partial charge in [0.15, 0.2) is 0 Å². The van der Waals surface area contributed by atoms with Gasteiger partial charge in [-0.3, -0.25) is 9.59 Å². The standard InChI is InChI=1S/C23H23N3O2S/c27-22(24-16-9-10-16)15-5-3-11-26(14-15)23(28)18-13-20(21-8-4-12-29-21)25-19-7-2-1-6-17(18)19/h1-2,4,6-8,12-13,15-16H,3,5,9-11,14H2,(H,24,27). The molecule has 1 atom stereocenters. The van der Waals surface area contributed by atoms with Crippen LogP contribution in [0.3, 0.4) is 0 Å². The number of carbonyl (C=O) groups is 2. The third-order valence-corrected chi connectivity index (χ3v) is 6.62. The van der Waals surface area contributed by atoms with Gasteiger partial charge in [0, 0.05) is 24.5 Å². The van der Waals surface area contributed by atoms with E-state index in [1.165, 1.54) is 0 Å². The minimum atomic E-state index is -0.113. The molecular formula is C23H23N3O2S. The zero-order chi connectivity index (χ0) is 19.8. The van der Waals surface area contributed by atoms with E-state index in [2.05, 4.69) is 5.32 Å². The molecule has 2 fully saturated rings. The molecule has 1 saturated carbocycles. The minimum absolute atomic E-state index is 0.00896. The second kappa shape index (κ2) is 7.59. The van der Waals surface area contributed by atoms with Crippen molar-refractivity contribution in [3.8, 4) is 10.6 Å². The van der Waals surface area contributed by atoms with Crippen molar-refractivity contribution in [1.29, 1.82) is 0 Å². The van der Waals surface area contributed by atoms with Crippen LogP contribution in [-0.2, 0) is 4.79 Å². The molecule has 2 aliphatic rings. The molecule has 1 aromatic carbocycles. The third kappa shape index (κ3) is 3.77. The van der Waals surface area contributed by atoms with Gasteiger partial charge in [0.2, 0.25) is 5.91 Å². The van der Waals surface area contributed by atoms with E-state index in [4.69, 9.17) is 4.98 Å². The van der Waals surface area contributed by atoms with Crippen LogP contribution in [0.4, 0.5) is 0 Å². The van der Waals surface area contributed by atoms with Gasteiger partial charge in [-0.25, -0.2) is 4.98 Å².